The molecule has 5 nitrogen and oxygen atoms in total. The van der Waals surface area contributed by atoms with Crippen molar-refractivity contribution in [3.05, 3.63) is 41.5 Å². The van der Waals surface area contributed by atoms with E-state index in [9.17, 15) is 4.79 Å². The largest absolute Gasteiger partial charge is 0.497 e. The van der Waals surface area contributed by atoms with E-state index in [4.69, 9.17) is 10.5 Å². The first kappa shape index (κ1) is 13.6. The van der Waals surface area contributed by atoms with Crippen molar-refractivity contribution >= 4 is 22.2 Å². The Kier molecular flexibility index (Phi) is 3.62. The zero-order valence-electron chi connectivity index (χ0n) is 11.6. The van der Waals surface area contributed by atoms with Crippen molar-refractivity contribution in [3.63, 3.8) is 0 Å². The van der Waals surface area contributed by atoms with Crippen LogP contribution in [0.15, 0.2) is 35.8 Å². The maximum Gasteiger partial charge on any atom is 0.217 e. The highest BCUT2D eigenvalue weighted by atomic mass is 32.1. The molecule has 0 radical (unpaired) electrons. The molecule has 2 heterocycles. The summed E-state index contributed by atoms with van der Waals surface area (Å²) in [5, 5.41) is 2.02. The van der Waals surface area contributed by atoms with Crippen molar-refractivity contribution in [1.29, 1.82) is 0 Å². The van der Waals surface area contributed by atoms with Gasteiger partial charge < -0.3 is 10.5 Å². The molecule has 0 aliphatic heterocycles. The predicted octanol–water partition coefficient (Wildman–Crippen LogP) is 2.49. The van der Waals surface area contributed by atoms with Gasteiger partial charge in [0, 0.05) is 29.3 Å². The molecule has 6 heteroatoms. The maximum atomic E-state index is 10.9. The number of ether oxygens (including phenoxy) is 1. The lowest BCUT2D eigenvalue weighted by atomic mass is 10.1. The molecule has 0 aliphatic carbocycles. The molecular weight excluding hydrogens is 286 g/mol. The minimum atomic E-state index is -0.287. The number of aryl methyl sites for hydroxylation is 1. The summed E-state index contributed by atoms with van der Waals surface area (Å²) in [4.78, 5) is 16.4. The van der Waals surface area contributed by atoms with E-state index in [1.807, 2.05) is 40.2 Å². The fourth-order valence-corrected chi connectivity index (χ4v) is 3.07. The number of fused-ring (bicyclic) bond motifs is 1. The van der Waals surface area contributed by atoms with Crippen LogP contribution in [0, 0.1) is 0 Å². The molecule has 0 bridgehead atoms. The zero-order valence-corrected chi connectivity index (χ0v) is 12.4. The van der Waals surface area contributed by atoms with E-state index in [0.717, 1.165) is 27.7 Å². The minimum absolute atomic E-state index is 0.287. The van der Waals surface area contributed by atoms with Crippen LogP contribution in [0.4, 0.5) is 0 Å². The number of amides is 1. The van der Waals surface area contributed by atoms with Gasteiger partial charge in [-0.05, 0) is 30.7 Å². The van der Waals surface area contributed by atoms with Gasteiger partial charge in [0.15, 0.2) is 4.96 Å². The van der Waals surface area contributed by atoms with Crippen LogP contribution in [0.3, 0.4) is 0 Å². The van der Waals surface area contributed by atoms with Gasteiger partial charge in [-0.2, -0.15) is 0 Å². The second kappa shape index (κ2) is 5.57. The summed E-state index contributed by atoms with van der Waals surface area (Å²) < 4.78 is 7.18. The van der Waals surface area contributed by atoms with E-state index in [-0.39, 0.29) is 5.91 Å². The Hall–Kier alpha value is -2.34. The van der Waals surface area contributed by atoms with Gasteiger partial charge >= 0.3 is 0 Å². The summed E-state index contributed by atoms with van der Waals surface area (Å²) in [6.45, 7) is 0. The molecule has 1 aromatic carbocycles. The number of rotatable bonds is 5. The van der Waals surface area contributed by atoms with E-state index < -0.39 is 0 Å². The van der Waals surface area contributed by atoms with Crippen LogP contribution in [-0.2, 0) is 11.2 Å². The number of hydrogen-bond donors (Lipinski definition) is 1. The van der Waals surface area contributed by atoms with Gasteiger partial charge in [0.05, 0.1) is 12.8 Å². The number of thiazole rings is 1. The van der Waals surface area contributed by atoms with Crippen molar-refractivity contribution in [2.45, 2.75) is 12.8 Å². The Morgan fingerprint density at radius 1 is 1.38 bits per heavy atom. The molecule has 0 unspecified atom stereocenters. The van der Waals surface area contributed by atoms with Gasteiger partial charge in [-0.15, -0.1) is 11.3 Å². The summed E-state index contributed by atoms with van der Waals surface area (Å²) in [6.07, 6.45) is 2.97. The van der Waals surface area contributed by atoms with Crippen LogP contribution in [0.1, 0.15) is 12.1 Å². The Bertz CT molecular complexity index is 774. The highest BCUT2D eigenvalue weighted by Gasteiger charge is 2.10. The Morgan fingerprint density at radius 3 is 2.81 bits per heavy atom. The monoisotopic (exact) mass is 301 g/mol. The molecule has 0 atom stereocenters. The molecule has 0 saturated carbocycles. The van der Waals surface area contributed by atoms with Gasteiger partial charge in [-0.1, -0.05) is 0 Å². The standard InChI is InChI=1S/C15H15N3O2S/c1-20-12-5-2-10(3-6-12)13-8-18-11(4-7-14(16)19)9-21-15(18)17-13/h2-3,5-6,8-9H,4,7H2,1H3,(H2,16,19). The molecule has 3 aromatic rings. The summed E-state index contributed by atoms with van der Waals surface area (Å²) in [6, 6.07) is 7.79. The number of nitrogens with zero attached hydrogens (tertiary/aromatic N) is 2. The third kappa shape index (κ3) is 2.75. The van der Waals surface area contributed by atoms with Crippen molar-refractivity contribution < 1.29 is 9.53 Å². The molecule has 0 saturated heterocycles. The number of primary amides is 1. The van der Waals surface area contributed by atoms with Gasteiger partial charge in [-0.3, -0.25) is 9.20 Å². The summed E-state index contributed by atoms with van der Waals surface area (Å²) in [5.74, 6) is 0.534. The van der Waals surface area contributed by atoms with Crippen LogP contribution in [0.5, 0.6) is 5.75 Å². The SMILES string of the molecule is COc1ccc(-c2cn3c(CCC(N)=O)csc3n2)cc1. The van der Waals surface area contributed by atoms with E-state index in [1.54, 1.807) is 18.4 Å². The average Bonchev–Trinajstić information content (AvgIpc) is 3.06. The summed E-state index contributed by atoms with van der Waals surface area (Å²) in [5.41, 5.74) is 8.20. The lowest BCUT2D eigenvalue weighted by molar-refractivity contribution is -0.118. The normalized spacial score (nSPS) is 10.9. The van der Waals surface area contributed by atoms with Crippen LogP contribution in [0.2, 0.25) is 0 Å². The topological polar surface area (TPSA) is 69.6 Å². The van der Waals surface area contributed by atoms with Crippen molar-refractivity contribution in [2.24, 2.45) is 5.73 Å². The number of carbonyl (C=O) groups is 1. The van der Waals surface area contributed by atoms with Crippen molar-refractivity contribution in [2.75, 3.05) is 7.11 Å². The molecule has 0 aliphatic rings. The average molecular weight is 301 g/mol. The van der Waals surface area contributed by atoms with Gasteiger partial charge in [0.1, 0.15) is 5.75 Å². The molecule has 2 aromatic heterocycles. The minimum Gasteiger partial charge on any atom is -0.497 e. The quantitative estimate of drug-likeness (QED) is 0.787. The Morgan fingerprint density at radius 2 is 2.14 bits per heavy atom. The third-order valence-electron chi connectivity index (χ3n) is 3.30. The van der Waals surface area contributed by atoms with Crippen molar-refractivity contribution in [3.8, 4) is 17.0 Å². The van der Waals surface area contributed by atoms with Crippen LogP contribution in [0.25, 0.3) is 16.2 Å². The van der Waals surface area contributed by atoms with Crippen LogP contribution >= 0.6 is 11.3 Å². The number of hydrogen-bond acceptors (Lipinski definition) is 4. The molecule has 0 spiro atoms. The molecule has 2 N–H and O–H groups in total. The van der Waals surface area contributed by atoms with Gasteiger partial charge in [0.2, 0.25) is 5.91 Å². The smallest absolute Gasteiger partial charge is 0.217 e. The highest BCUT2D eigenvalue weighted by molar-refractivity contribution is 7.15. The van der Waals surface area contributed by atoms with Gasteiger partial charge in [0.25, 0.3) is 0 Å². The van der Waals surface area contributed by atoms with E-state index >= 15 is 0 Å². The number of methoxy groups -OCH3 is 1. The molecule has 1 amide bonds. The molecule has 108 valence electrons. The fourth-order valence-electron chi connectivity index (χ4n) is 2.16. The fraction of sp³-hybridized carbons (Fsp3) is 0.200. The first-order valence-corrected chi connectivity index (χ1v) is 7.43. The van der Waals surface area contributed by atoms with Crippen LogP contribution < -0.4 is 10.5 Å². The maximum absolute atomic E-state index is 10.9. The number of benzene rings is 1. The molecule has 0 fully saturated rings. The second-order valence-electron chi connectivity index (χ2n) is 4.70. The van der Waals surface area contributed by atoms with E-state index in [0.29, 0.717) is 12.8 Å². The Balaban J connectivity index is 1.91. The van der Waals surface area contributed by atoms with Crippen LogP contribution in [-0.4, -0.2) is 22.4 Å². The number of imidazole rings is 1. The highest BCUT2D eigenvalue weighted by Crippen LogP contribution is 2.25. The number of carbonyl (C=O) groups excluding carboxylic acids is 1. The van der Waals surface area contributed by atoms with Gasteiger partial charge in [-0.25, -0.2) is 4.98 Å². The summed E-state index contributed by atoms with van der Waals surface area (Å²) in [7, 11) is 1.65. The van der Waals surface area contributed by atoms with E-state index in [1.165, 1.54) is 0 Å². The predicted molar refractivity (Wildman–Crippen MR) is 82.6 cm³/mol. The Labute approximate surface area is 126 Å². The zero-order chi connectivity index (χ0) is 14.8. The molecule has 3 rings (SSSR count). The lowest BCUT2D eigenvalue weighted by Crippen LogP contribution is -2.11. The summed E-state index contributed by atoms with van der Waals surface area (Å²) >= 11 is 1.56. The number of nitrogens with two attached hydrogens (primary N) is 1. The molecule has 21 heavy (non-hydrogen) atoms. The third-order valence-corrected chi connectivity index (χ3v) is 4.19. The van der Waals surface area contributed by atoms with E-state index in [2.05, 4.69) is 4.98 Å². The first-order valence-electron chi connectivity index (χ1n) is 6.55. The molecular formula is C15H15N3O2S. The first-order chi connectivity index (χ1) is 10.2. The number of aromatic nitrogens is 2. The second-order valence-corrected chi connectivity index (χ2v) is 5.54. The van der Waals surface area contributed by atoms with Crippen molar-refractivity contribution in [1.82, 2.24) is 9.38 Å². The lowest BCUT2D eigenvalue weighted by Gasteiger charge is -2.00.